The molecule has 0 bridgehead atoms. The summed E-state index contributed by atoms with van der Waals surface area (Å²) in [5.74, 6) is 0. The maximum absolute atomic E-state index is 12.7. The lowest BCUT2D eigenvalue weighted by molar-refractivity contribution is -0.137. The first-order valence-electron chi connectivity index (χ1n) is 6.56. The first-order chi connectivity index (χ1) is 9.46. The van der Waals surface area contributed by atoms with Gasteiger partial charge >= 0.3 is 6.18 Å². The Balaban J connectivity index is 2.51. The monoisotopic (exact) mass is 322 g/mol. The number of benzene rings is 1. The molecule has 1 N–H and O–H groups in total. The van der Waals surface area contributed by atoms with Crippen LogP contribution in [0.4, 0.5) is 13.2 Å². The largest absolute Gasteiger partial charge is 0.416 e. The van der Waals surface area contributed by atoms with E-state index in [0.717, 1.165) is 18.4 Å². The second kappa shape index (κ2) is 4.98. The van der Waals surface area contributed by atoms with Crippen LogP contribution < -0.4 is 0 Å². The Morgan fingerprint density at radius 2 is 1.95 bits per heavy atom. The van der Waals surface area contributed by atoms with Crippen LogP contribution in [0.25, 0.3) is 0 Å². The van der Waals surface area contributed by atoms with Crippen molar-refractivity contribution in [3.8, 4) is 0 Å². The van der Waals surface area contributed by atoms with Crippen molar-refractivity contribution >= 4 is 9.84 Å². The number of aryl methyl sites for hydroxylation is 1. The molecule has 1 saturated carbocycles. The van der Waals surface area contributed by atoms with Crippen molar-refractivity contribution in [3.63, 3.8) is 0 Å². The highest BCUT2D eigenvalue weighted by Crippen LogP contribution is 2.44. The van der Waals surface area contributed by atoms with Gasteiger partial charge in [-0.2, -0.15) is 13.2 Å². The summed E-state index contributed by atoms with van der Waals surface area (Å²) in [4.78, 5) is 0. The topological polar surface area (TPSA) is 54.4 Å². The molecule has 0 heterocycles. The van der Waals surface area contributed by atoms with E-state index in [9.17, 15) is 26.7 Å². The fraction of sp³-hybridized carbons (Fsp3) is 0.571. The normalized spacial score (nSPS) is 27.0. The zero-order valence-corrected chi connectivity index (χ0v) is 12.6. The third-order valence-electron chi connectivity index (χ3n) is 4.09. The minimum Gasteiger partial charge on any atom is -0.384 e. The summed E-state index contributed by atoms with van der Waals surface area (Å²) in [7, 11) is -3.49. The van der Waals surface area contributed by atoms with E-state index in [4.69, 9.17) is 0 Å². The minimum absolute atomic E-state index is 0.233. The van der Waals surface area contributed by atoms with Gasteiger partial charge in [0.15, 0.2) is 9.84 Å². The van der Waals surface area contributed by atoms with Crippen LogP contribution in [0.1, 0.15) is 36.0 Å². The van der Waals surface area contributed by atoms with Crippen molar-refractivity contribution in [2.24, 2.45) is 0 Å². The molecule has 1 aromatic carbocycles. The van der Waals surface area contributed by atoms with Crippen molar-refractivity contribution in [3.05, 3.63) is 34.9 Å². The Morgan fingerprint density at radius 3 is 2.43 bits per heavy atom. The van der Waals surface area contributed by atoms with Crippen LogP contribution in [0.3, 0.4) is 0 Å². The van der Waals surface area contributed by atoms with Crippen LogP contribution in [0, 0.1) is 6.92 Å². The summed E-state index contributed by atoms with van der Waals surface area (Å²) in [5, 5.41) is 9.80. The van der Waals surface area contributed by atoms with Crippen molar-refractivity contribution in [2.45, 2.75) is 43.2 Å². The van der Waals surface area contributed by atoms with E-state index < -0.39 is 32.4 Å². The van der Waals surface area contributed by atoms with Crippen molar-refractivity contribution in [1.82, 2.24) is 0 Å². The molecule has 1 aliphatic carbocycles. The Hall–Kier alpha value is -1.08. The first kappa shape index (κ1) is 16.3. The molecule has 3 nitrogen and oxygen atoms in total. The zero-order valence-electron chi connectivity index (χ0n) is 11.7. The van der Waals surface area contributed by atoms with Crippen LogP contribution in [0.5, 0.6) is 0 Å². The Bertz CT molecular complexity index is 652. The second-order valence-electron chi connectivity index (χ2n) is 5.66. The molecular weight excluding hydrogens is 305 g/mol. The lowest BCUT2D eigenvalue weighted by Crippen LogP contribution is -2.40. The molecule has 0 spiro atoms. The number of rotatable bonds is 2. The van der Waals surface area contributed by atoms with Gasteiger partial charge in [0.05, 0.1) is 10.8 Å². The highest BCUT2D eigenvalue weighted by Gasteiger charge is 2.48. The molecule has 2 unspecified atom stereocenters. The van der Waals surface area contributed by atoms with Crippen LogP contribution in [0.15, 0.2) is 18.2 Å². The quantitative estimate of drug-likeness (QED) is 0.911. The molecule has 2 atom stereocenters. The number of hydrogen-bond donors (Lipinski definition) is 1. The van der Waals surface area contributed by atoms with Crippen LogP contribution in [-0.4, -0.2) is 25.0 Å². The summed E-state index contributed by atoms with van der Waals surface area (Å²) in [6, 6.07) is 3.03. The summed E-state index contributed by atoms with van der Waals surface area (Å²) in [6.07, 6.45) is -2.34. The third-order valence-corrected chi connectivity index (χ3v) is 5.75. The molecule has 7 heteroatoms. The van der Waals surface area contributed by atoms with E-state index in [-0.39, 0.29) is 17.5 Å². The SMILES string of the molecule is Cc1cc(C(F)(F)F)ccc1C1(O)CCCC1S(C)(=O)=O. The maximum Gasteiger partial charge on any atom is 0.416 e. The molecule has 0 amide bonds. The van der Waals surface area contributed by atoms with Crippen molar-refractivity contribution in [1.29, 1.82) is 0 Å². The van der Waals surface area contributed by atoms with Gasteiger partial charge in [0.1, 0.15) is 5.60 Å². The van der Waals surface area contributed by atoms with Crippen LogP contribution in [-0.2, 0) is 21.6 Å². The van der Waals surface area contributed by atoms with E-state index in [0.29, 0.717) is 12.8 Å². The summed E-state index contributed by atoms with van der Waals surface area (Å²) in [6.45, 7) is 1.46. The molecule has 0 aliphatic heterocycles. The standard InChI is InChI=1S/C14H17F3O3S/c1-9-8-10(14(15,16)17)5-6-11(9)13(18)7-3-4-12(13)21(2,19)20/h5-6,8,12,18H,3-4,7H2,1-2H3. The predicted octanol–water partition coefficient (Wildman–Crippen LogP) is 2.80. The van der Waals surface area contributed by atoms with Gasteiger partial charge in [-0.05, 0) is 49.4 Å². The average molecular weight is 322 g/mol. The van der Waals surface area contributed by atoms with E-state index in [2.05, 4.69) is 0 Å². The second-order valence-corrected chi connectivity index (χ2v) is 7.89. The molecular formula is C14H17F3O3S. The Labute approximate surface area is 121 Å². The average Bonchev–Trinajstić information content (AvgIpc) is 2.70. The van der Waals surface area contributed by atoms with Gasteiger partial charge < -0.3 is 5.11 Å². The molecule has 1 fully saturated rings. The minimum atomic E-state index is -4.46. The van der Waals surface area contributed by atoms with Crippen LogP contribution in [0.2, 0.25) is 0 Å². The van der Waals surface area contributed by atoms with Gasteiger partial charge in [0.2, 0.25) is 0 Å². The number of halogens is 3. The summed E-state index contributed by atoms with van der Waals surface area (Å²) >= 11 is 0. The summed E-state index contributed by atoms with van der Waals surface area (Å²) in [5.41, 5.74) is -1.89. The Kier molecular flexibility index (Phi) is 3.87. The van der Waals surface area contributed by atoms with Crippen molar-refractivity contribution < 1.29 is 26.7 Å². The highest BCUT2D eigenvalue weighted by atomic mass is 32.2. The van der Waals surface area contributed by atoms with Gasteiger partial charge in [-0.1, -0.05) is 6.07 Å². The van der Waals surface area contributed by atoms with Gasteiger partial charge in [0, 0.05) is 6.26 Å². The molecule has 0 saturated heterocycles. The number of sulfone groups is 1. The lowest BCUT2D eigenvalue weighted by Gasteiger charge is -2.31. The van der Waals surface area contributed by atoms with Gasteiger partial charge in [-0.3, -0.25) is 0 Å². The predicted molar refractivity (Wildman–Crippen MR) is 72.6 cm³/mol. The molecule has 2 rings (SSSR count). The fourth-order valence-electron chi connectivity index (χ4n) is 3.16. The molecule has 0 radical (unpaired) electrons. The van der Waals surface area contributed by atoms with Gasteiger partial charge in [-0.15, -0.1) is 0 Å². The number of aliphatic hydroxyl groups is 1. The van der Waals surface area contributed by atoms with Crippen LogP contribution >= 0.6 is 0 Å². The zero-order chi connectivity index (χ0) is 16.1. The highest BCUT2D eigenvalue weighted by molar-refractivity contribution is 7.91. The maximum atomic E-state index is 12.7. The Morgan fingerprint density at radius 1 is 1.33 bits per heavy atom. The molecule has 21 heavy (non-hydrogen) atoms. The molecule has 1 aliphatic rings. The fourth-order valence-corrected chi connectivity index (χ4v) is 4.71. The summed E-state index contributed by atoms with van der Waals surface area (Å²) < 4.78 is 61.7. The van der Waals surface area contributed by atoms with E-state index in [1.165, 1.54) is 13.0 Å². The number of hydrogen-bond acceptors (Lipinski definition) is 3. The number of alkyl halides is 3. The molecule has 118 valence electrons. The van der Waals surface area contributed by atoms with E-state index in [1.54, 1.807) is 0 Å². The van der Waals surface area contributed by atoms with Gasteiger partial charge in [-0.25, -0.2) is 8.42 Å². The first-order valence-corrected chi connectivity index (χ1v) is 8.51. The molecule has 1 aromatic rings. The van der Waals surface area contributed by atoms with E-state index in [1.807, 2.05) is 0 Å². The molecule has 0 aromatic heterocycles. The van der Waals surface area contributed by atoms with Gasteiger partial charge in [0.25, 0.3) is 0 Å². The lowest BCUT2D eigenvalue weighted by atomic mass is 9.87. The van der Waals surface area contributed by atoms with Crippen molar-refractivity contribution in [2.75, 3.05) is 6.26 Å². The van der Waals surface area contributed by atoms with E-state index >= 15 is 0 Å². The third kappa shape index (κ3) is 2.94. The smallest absolute Gasteiger partial charge is 0.384 e.